The molecule has 0 fully saturated rings. The summed E-state index contributed by atoms with van der Waals surface area (Å²) in [6.07, 6.45) is 0. The Morgan fingerprint density at radius 1 is 1.50 bits per heavy atom. The van der Waals surface area contributed by atoms with Crippen LogP contribution in [0.15, 0.2) is 18.2 Å². The summed E-state index contributed by atoms with van der Waals surface area (Å²) in [7, 11) is 0. The molecule has 1 aromatic carbocycles. The molecule has 0 aliphatic carbocycles. The van der Waals surface area contributed by atoms with E-state index < -0.39 is 5.97 Å². The Labute approximate surface area is 109 Å². The summed E-state index contributed by atoms with van der Waals surface area (Å²) in [6, 6.07) is 6.63. The highest BCUT2D eigenvalue weighted by Crippen LogP contribution is 2.15. The van der Waals surface area contributed by atoms with Crippen LogP contribution >= 0.6 is 11.8 Å². The Hall–Kier alpha value is -2.00. The molecule has 0 atom stereocenters. The Kier molecular flexibility index (Phi) is 5.21. The van der Waals surface area contributed by atoms with Gasteiger partial charge < -0.3 is 10.4 Å². The Bertz CT molecular complexity index is 509. The van der Waals surface area contributed by atoms with Gasteiger partial charge in [-0.2, -0.15) is 5.26 Å². The van der Waals surface area contributed by atoms with Gasteiger partial charge in [0.2, 0.25) is 5.91 Å². The largest absolute Gasteiger partial charge is 0.478 e. The van der Waals surface area contributed by atoms with E-state index in [0.717, 1.165) is 0 Å². The molecule has 18 heavy (non-hydrogen) atoms. The second-order valence-electron chi connectivity index (χ2n) is 3.53. The number of nitrogens with one attached hydrogen (secondary N) is 1. The van der Waals surface area contributed by atoms with Gasteiger partial charge >= 0.3 is 5.97 Å². The van der Waals surface area contributed by atoms with Crippen LogP contribution in [-0.2, 0) is 4.79 Å². The van der Waals surface area contributed by atoms with Crippen molar-refractivity contribution in [3.8, 4) is 6.07 Å². The summed E-state index contributed by atoms with van der Waals surface area (Å²) >= 11 is 1.20. The molecule has 1 amide bonds. The van der Waals surface area contributed by atoms with Crippen molar-refractivity contribution in [3.63, 3.8) is 0 Å². The third kappa shape index (κ3) is 4.11. The fourth-order valence-corrected chi connectivity index (χ4v) is 1.77. The number of carboxylic acids is 1. The number of hydrogen-bond donors (Lipinski definition) is 2. The van der Waals surface area contributed by atoms with Crippen LogP contribution in [0.5, 0.6) is 0 Å². The number of carboxylic acid groups (broad SMARTS) is 1. The number of anilines is 1. The van der Waals surface area contributed by atoms with Crippen LogP contribution in [-0.4, -0.2) is 28.5 Å². The van der Waals surface area contributed by atoms with E-state index in [2.05, 4.69) is 5.32 Å². The molecule has 0 unspecified atom stereocenters. The first kappa shape index (κ1) is 14.1. The Balaban J connectivity index is 2.68. The number of nitriles is 1. The number of amides is 1. The third-order valence-corrected chi connectivity index (χ3v) is 2.95. The molecule has 0 saturated carbocycles. The third-order valence-electron chi connectivity index (χ3n) is 2.15. The van der Waals surface area contributed by atoms with Gasteiger partial charge in [0.25, 0.3) is 0 Å². The van der Waals surface area contributed by atoms with Gasteiger partial charge in [0.15, 0.2) is 0 Å². The maximum absolute atomic E-state index is 11.5. The zero-order chi connectivity index (χ0) is 13.5. The zero-order valence-electron chi connectivity index (χ0n) is 9.77. The van der Waals surface area contributed by atoms with Crippen LogP contribution < -0.4 is 5.32 Å². The lowest BCUT2D eigenvalue weighted by Crippen LogP contribution is -2.15. The lowest BCUT2D eigenvalue weighted by Gasteiger charge is -2.07. The number of aromatic carboxylic acids is 1. The summed E-state index contributed by atoms with van der Waals surface area (Å²) in [5.74, 6) is -0.858. The number of carbonyl (C=O) groups excluding carboxylic acids is 1. The van der Waals surface area contributed by atoms with Crippen molar-refractivity contribution in [1.29, 1.82) is 5.26 Å². The monoisotopic (exact) mass is 264 g/mol. The summed E-state index contributed by atoms with van der Waals surface area (Å²) in [5.41, 5.74) is 1.25. The topological polar surface area (TPSA) is 90.2 Å². The van der Waals surface area contributed by atoms with E-state index in [0.29, 0.717) is 11.3 Å². The minimum absolute atomic E-state index is 0.164. The van der Waals surface area contributed by atoms with Gasteiger partial charge in [-0.25, -0.2) is 4.79 Å². The molecule has 0 saturated heterocycles. The molecule has 0 aromatic heterocycles. The van der Waals surface area contributed by atoms with Crippen molar-refractivity contribution in [3.05, 3.63) is 29.3 Å². The van der Waals surface area contributed by atoms with Crippen molar-refractivity contribution in [2.75, 3.05) is 16.8 Å². The number of benzene rings is 1. The molecule has 0 radical (unpaired) electrons. The molecule has 1 aromatic rings. The van der Waals surface area contributed by atoms with E-state index in [1.165, 1.54) is 17.8 Å². The van der Waals surface area contributed by atoms with Gasteiger partial charge in [-0.05, 0) is 24.6 Å². The normalized spacial score (nSPS) is 9.56. The van der Waals surface area contributed by atoms with Gasteiger partial charge in [0, 0.05) is 5.69 Å². The summed E-state index contributed by atoms with van der Waals surface area (Å²) in [4.78, 5) is 22.4. The van der Waals surface area contributed by atoms with Gasteiger partial charge in [0.05, 0.1) is 23.1 Å². The molecule has 6 heteroatoms. The van der Waals surface area contributed by atoms with E-state index in [9.17, 15) is 9.59 Å². The van der Waals surface area contributed by atoms with Gasteiger partial charge in [0.1, 0.15) is 0 Å². The van der Waals surface area contributed by atoms with E-state index in [4.69, 9.17) is 10.4 Å². The number of thioether (sulfide) groups is 1. The minimum atomic E-state index is -1.03. The van der Waals surface area contributed by atoms with Crippen molar-refractivity contribution >= 4 is 29.3 Å². The first-order chi connectivity index (χ1) is 8.54. The zero-order valence-corrected chi connectivity index (χ0v) is 10.6. The molecule has 0 spiro atoms. The fourth-order valence-electron chi connectivity index (χ4n) is 1.32. The molecule has 0 heterocycles. The summed E-state index contributed by atoms with van der Waals surface area (Å²) in [5, 5.41) is 19.9. The van der Waals surface area contributed by atoms with Gasteiger partial charge in [-0.15, -0.1) is 11.8 Å². The van der Waals surface area contributed by atoms with Crippen LogP contribution in [0.25, 0.3) is 0 Å². The van der Waals surface area contributed by atoms with E-state index in [1.807, 2.05) is 6.07 Å². The molecule has 0 aliphatic heterocycles. The first-order valence-electron chi connectivity index (χ1n) is 5.13. The van der Waals surface area contributed by atoms with Crippen LogP contribution in [0.4, 0.5) is 5.69 Å². The van der Waals surface area contributed by atoms with E-state index >= 15 is 0 Å². The average molecular weight is 264 g/mol. The Morgan fingerprint density at radius 2 is 2.22 bits per heavy atom. The maximum atomic E-state index is 11.5. The quantitative estimate of drug-likeness (QED) is 0.792. The van der Waals surface area contributed by atoms with Crippen LogP contribution in [0.2, 0.25) is 0 Å². The van der Waals surface area contributed by atoms with Crippen LogP contribution in [0.3, 0.4) is 0 Å². The van der Waals surface area contributed by atoms with E-state index in [-0.39, 0.29) is 23.0 Å². The summed E-state index contributed by atoms with van der Waals surface area (Å²) in [6.45, 7) is 1.69. The fraction of sp³-hybridized carbons (Fsp3) is 0.250. The second-order valence-corrected chi connectivity index (χ2v) is 4.52. The molecular formula is C12H12N2O3S. The maximum Gasteiger partial charge on any atom is 0.336 e. The van der Waals surface area contributed by atoms with E-state index in [1.54, 1.807) is 19.1 Å². The lowest BCUT2D eigenvalue weighted by molar-refractivity contribution is -0.113. The molecule has 0 bridgehead atoms. The predicted octanol–water partition coefficient (Wildman–Crippen LogP) is 1.89. The number of aryl methyl sites for hydroxylation is 1. The van der Waals surface area contributed by atoms with Crippen molar-refractivity contribution in [2.45, 2.75) is 6.92 Å². The SMILES string of the molecule is Cc1ccc(NC(=O)CSCC#N)cc1C(=O)O. The molecule has 2 N–H and O–H groups in total. The molecular weight excluding hydrogens is 252 g/mol. The average Bonchev–Trinajstić information content (AvgIpc) is 2.31. The lowest BCUT2D eigenvalue weighted by atomic mass is 10.1. The highest BCUT2D eigenvalue weighted by molar-refractivity contribution is 8.00. The van der Waals surface area contributed by atoms with Gasteiger partial charge in [-0.1, -0.05) is 6.07 Å². The minimum Gasteiger partial charge on any atom is -0.478 e. The molecule has 94 valence electrons. The highest BCUT2D eigenvalue weighted by atomic mass is 32.2. The number of carbonyl (C=O) groups is 2. The predicted molar refractivity (Wildman–Crippen MR) is 69.7 cm³/mol. The standard InChI is InChI=1S/C12H12N2O3S/c1-8-2-3-9(6-10(8)12(16)17)14-11(15)7-18-5-4-13/h2-3,6H,5,7H2,1H3,(H,14,15)(H,16,17). The van der Waals surface area contributed by atoms with Gasteiger partial charge in [-0.3, -0.25) is 4.79 Å². The molecule has 1 rings (SSSR count). The first-order valence-corrected chi connectivity index (χ1v) is 6.28. The smallest absolute Gasteiger partial charge is 0.336 e. The Morgan fingerprint density at radius 3 is 2.83 bits per heavy atom. The van der Waals surface area contributed by atoms with Crippen LogP contribution in [0.1, 0.15) is 15.9 Å². The van der Waals surface area contributed by atoms with Crippen molar-refractivity contribution in [2.24, 2.45) is 0 Å². The number of rotatable bonds is 5. The number of hydrogen-bond acceptors (Lipinski definition) is 4. The second kappa shape index (κ2) is 6.67. The highest BCUT2D eigenvalue weighted by Gasteiger charge is 2.09. The van der Waals surface area contributed by atoms with Crippen molar-refractivity contribution < 1.29 is 14.7 Å². The number of nitrogens with zero attached hydrogens (tertiary/aromatic N) is 1. The van der Waals surface area contributed by atoms with Crippen LogP contribution in [0, 0.1) is 18.3 Å². The molecule has 0 aliphatic rings. The molecule has 5 nitrogen and oxygen atoms in total. The summed E-state index contributed by atoms with van der Waals surface area (Å²) < 4.78 is 0. The van der Waals surface area contributed by atoms with Crippen molar-refractivity contribution in [1.82, 2.24) is 0 Å².